The van der Waals surface area contributed by atoms with Gasteiger partial charge in [0.15, 0.2) is 0 Å². The van der Waals surface area contributed by atoms with Crippen LogP contribution in [0.2, 0.25) is 0 Å². The second-order valence-electron chi connectivity index (χ2n) is 4.65. The molecule has 2 aromatic heterocycles. The second kappa shape index (κ2) is 6.52. The molecule has 0 aliphatic carbocycles. The van der Waals surface area contributed by atoms with Crippen molar-refractivity contribution in [3.63, 3.8) is 0 Å². The van der Waals surface area contributed by atoms with Gasteiger partial charge in [-0.05, 0) is 38.1 Å². The molecule has 2 heterocycles. The van der Waals surface area contributed by atoms with E-state index in [-0.39, 0.29) is 12.0 Å². The van der Waals surface area contributed by atoms with Crippen LogP contribution in [0.25, 0.3) is 0 Å². The van der Waals surface area contributed by atoms with Gasteiger partial charge in [-0.3, -0.25) is 0 Å². The van der Waals surface area contributed by atoms with Crippen LogP contribution in [0.3, 0.4) is 0 Å². The molecular weight excluding hydrogens is 272 g/mol. The molecule has 1 unspecified atom stereocenters. The summed E-state index contributed by atoms with van der Waals surface area (Å²) in [6.07, 6.45) is 2.56. The van der Waals surface area contributed by atoms with Crippen LogP contribution in [0.1, 0.15) is 27.0 Å². The summed E-state index contributed by atoms with van der Waals surface area (Å²) in [6, 6.07) is 7.88. The van der Waals surface area contributed by atoms with Crippen LogP contribution in [-0.2, 0) is 11.2 Å². The lowest BCUT2D eigenvalue weighted by molar-refractivity contribution is 0.0601. The van der Waals surface area contributed by atoms with Gasteiger partial charge in [-0.2, -0.15) is 0 Å². The molecule has 1 N–H and O–H groups in total. The molecular formula is C15H18N2O2S. The number of aryl methyl sites for hydroxylation is 1. The van der Waals surface area contributed by atoms with Crippen molar-refractivity contribution in [2.75, 3.05) is 12.4 Å². The maximum Gasteiger partial charge on any atom is 0.341 e. The van der Waals surface area contributed by atoms with E-state index in [4.69, 9.17) is 4.74 Å². The molecule has 0 fully saturated rings. The maximum atomic E-state index is 11.7. The minimum Gasteiger partial charge on any atom is -0.465 e. The predicted molar refractivity (Wildman–Crippen MR) is 81.4 cm³/mol. The Hall–Kier alpha value is -1.88. The maximum absolute atomic E-state index is 11.7. The highest BCUT2D eigenvalue weighted by molar-refractivity contribution is 7.11. The van der Waals surface area contributed by atoms with Crippen LogP contribution in [0, 0.1) is 6.92 Å². The highest BCUT2D eigenvalue weighted by atomic mass is 32.1. The quantitative estimate of drug-likeness (QED) is 0.859. The molecule has 0 saturated carbocycles. The first-order valence-electron chi connectivity index (χ1n) is 6.45. The van der Waals surface area contributed by atoms with Crippen molar-refractivity contribution in [3.8, 4) is 0 Å². The number of pyridine rings is 1. The van der Waals surface area contributed by atoms with Gasteiger partial charge in [0.05, 0.1) is 7.11 Å². The third kappa shape index (κ3) is 3.57. The molecule has 1 atom stereocenters. The fourth-order valence-electron chi connectivity index (χ4n) is 1.98. The number of carbonyl (C=O) groups is 1. The Morgan fingerprint density at radius 1 is 1.45 bits per heavy atom. The lowest BCUT2D eigenvalue weighted by Gasteiger charge is -2.15. The first kappa shape index (κ1) is 14.5. The van der Waals surface area contributed by atoms with Crippen LogP contribution < -0.4 is 5.32 Å². The highest BCUT2D eigenvalue weighted by Crippen LogP contribution is 2.19. The molecule has 0 aliphatic heterocycles. The van der Waals surface area contributed by atoms with Crippen LogP contribution in [0.15, 0.2) is 30.5 Å². The van der Waals surface area contributed by atoms with Crippen molar-refractivity contribution in [1.82, 2.24) is 4.98 Å². The zero-order chi connectivity index (χ0) is 14.5. The predicted octanol–water partition coefficient (Wildman–Crippen LogP) is 3.28. The van der Waals surface area contributed by atoms with Gasteiger partial charge in [0, 0.05) is 28.4 Å². The summed E-state index contributed by atoms with van der Waals surface area (Å²) in [6.45, 7) is 4.17. The Bertz CT molecular complexity index is 595. The molecule has 0 radical (unpaired) electrons. The Balaban J connectivity index is 2.07. The average Bonchev–Trinajstić information content (AvgIpc) is 2.83. The van der Waals surface area contributed by atoms with Gasteiger partial charge in [-0.25, -0.2) is 9.78 Å². The largest absolute Gasteiger partial charge is 0.465 e. The number of rotatable bonds is 5. The van der Waals surface area contributed by atoms with E-state index < -0.39 is 0 Å². The third-order valence-corrected chi connectivity index (χ3v) is 3.92. The molecule has 106 valence electrons. The van der Waals surface area contributed by atoms with E-state index in [2.05, 4.69) is 36.3 Å². The summed E-state index contributed by atoms with van der Waals surface area (Å²) >= 11 is 1.79. The van der Waals surface area contributed by atoms with Crippen LogP contribution >= 0.6 is 11.3 Å². The van der Waals surface area contributed by atoms with Gasteiger partial charge in [0.25, 0.3) is 0 Å². The second-order valence-corrected chi connectivity index (χ2v) is 6.03. The molecule has 2 rings (SSSR count). The van der Waals surface area contributed by atoms with Crippen molar-refractivity contribution in [2.45, 2.75) is 26.3 Å². The number of thiophene rings is 1. The molecule has 4 nitrogen and oxygen atoms in total. The number of carbonyl (C=O) groups excluding carboxylic acids is 1. The number of hydrogen-bond acceptors (Lipinski definition) is 5. The number of hydrogen-bond donors (Lipinski definition) is 1. The Morgan fingerprint density at radius 3 is 2.90 bits per heavy atom. The summed E-state index contributed by atoms with van der Waals surface area (Å²) < 4.78 is 4.76. The topological polar surface area (TPSA) is 51.2 Å². The van der Waals surface area contributed by atoms with E-state index >= 15 is 0 Å². The fraction of sp³-hybridized carbons (Fsp3) is 0.333. The van der Waals surface area contributed by atoms with Crippen molar-refractivity contribution < 1.29 is 9.53 Å². The first-order chi connectivity index (χ1) is 9.60. The molecule has 0 aliphatic rings. The minimum absolute atomic E-state index is 0.186. The third-order valence-electron chi connectivity index (χ3n) is 2.90. The minimum atomic E-state index is -0.375. The van der Waals surface area contributed by atoms with Gasteiger partial charge >= 0.3 is 5.97 Å². The number of nitrogens with zero attached hydrogens (tertiary/aromatic N) is 1. The van der Waals surface area contributed by atoms with Crippen molar-refractivity contribution in [3.05, 3.63) is 45.8 Å². The monoisotopic (exact) mass is 290 g/mol. The van der Waals surface area contributed by atoms with E-state index in [0.717, 1.165) is 6.42 Å². The zero-order valence-corrected chi connectivity index (χ0v) is 12.7. The van der Waals surface area contributed by atoms with Crippen LogP contribution in [0.5, 0.6) is 0 Å². The molecule has 0 bridgehead atoms. The van der Waals surface area contributed by atoms with Gasteiger partial charge in [-0.1, -0.05) is 0 Å². The number of anilines is 1. The molecule has 20 heavy (non-hydrogen) atoms. The molecule has 5 heteroatoms. The Labute approximate surface area is 122 Å². The van der Waals surface area contributed by atoms with Crippen molar-refractivity contribution in [2.24, 2.45) is 0 Å². The molecule has 0 spiro atoms. The SMILES string of the molecule is COC(=O)c1cccnc1NC(C)Cc1ccc(C)s1. The molecule has 0 amide bonds. The summed E-state index contributed by atoms with van der Waals surface area (Å²) in [5.41, 5.74) is 0.462. The highest BCUT2D eigenvalue weighted by Gasteiger charge is 2.14. The fourth-order valence-corrected chi connectivity index (χ4v) is 3.00. The smallest absolute Gasteiger partial charge is 0.341 e. The normalized spacial score (nSPS) is 11.9. The van der Waals surface area contributed by atoms with E-state index in [1.165, 1.54) is 16.9 Å². The zero-order valence-electron chi connectivity index (χ0n) is 11.8. The van der Waals surface area contributed by atoms with Gasteiger partial charge < -0.3 is 10.1 Å². The first-order valence-corrected chi connectivity index (χ1v) is 7.27. The molecule has 0 aromatic carbocycles. The number of methoxy groups -OCH3 is 1. The summed E-state index contributed by atoms with van der Waals surface area (Å²) in [5.74, 6) is 0.194. The molecule has 0 saturated heterocycles. The molecule has 2 aromatic rings. The van der Waals surface area contributed by atoms with E-state index in [9.17, 15) is 4.79 Å². The standard InChI is InChI=1S/C15H18N2O2S/c1-10(9-12-7-6-11(2)20-12)17-14-13(15(18)19-3)5-4-8-16-14/h4-8,10H,9H2,1-3H3,(H,16,17). The van der Waals surface area contributed by atoms with Gasteiger partial charge in [0.1, 0.15) is 11.4 Å². The lowest BCUT2D eigenvalue weighted by Crippen LogP contribution is -2.20. The van der Waals surface area contributed by atoms with Crippen LogP contribution in [0.4, 0.5) is 5.82 Å². The number of esters is 1. The van der Waals surface area contributed by atoms with E-state index in [1.807, 2.05) is 0 Å². The van der Waals surface area contributed by atoms with E-state index in [1.54, 1.807) is 29.7 Å². The number of ether oxygens (including phenoxy) is 1. The van der Waals surface area contributed by atoms with Crippen molar-refractivity contribution >= 4 is 23.1 Å². The Kier molecular flexibility index (Phi) is 4.74. The average molecular weight is 290 g/mol. The summed E-state index contributed by atoms with van der Waals surface area (Å²) in [5, 5.41) is 3.28. The van der Waals surface area contributed by atoms with E-state index in [0.29, 0.717) is 11.4 Å². The number of nitrogens with one attached hydrogen (secondary N) is 1. The van der Waals surface area contributed by atoms with Crippen LogP contribution in [-0.4, -0.2) is 24.1 Å². The number of aromatic nitrogens is 1. The van der Waals surface area contributed by atoms with Gasteiger partial charge in [0.2, 0.25) is 0 Å². The van der Waals surface area contributed by atoms with Gasteiger partial charge in [-0.15, -0.1) is 11.3 Å². The summed E-state index contributed by atoms with van der Waals surface area (Å²) in [4.78, 5) is 18.5. The van der Waals surface area contributed by atoms with Crippen molar-refractivity contribution in [1.29, 1.82) is 0 Å². The lowest BCUT2D eigenvalue weighted by atomic mass is 10.2. The summed E-state index contributed by atoms with van der Waals surface area (Å²) in [7, 11) is 1.37. The Morgan fingerprint density at radius 2 is 2.25 bits per heavy atom.